The molecule has 0 aliphatic rings. The van der Waals surface area contributed by atoms with Crippen molar-refractivity contribution < 1.29 is 18.3 Å². The van der Waals surface area contributed by atoms with Crippen LogP contribution in [0.15, 0.2) is 12.1 Å². The van der Waals surface area contributed by atoms with Crippen LogP contribution < -0.4 is 9.47 Å². The zero-order valence-electron chi connectivity index (χ0n) is 7.06. The number of hydrogen-bond donors (Lipinski definition) is 0. The summed E-state index contributed by atoms with van der Waals surface area (Å²) in [6.45, 7) is -2.93. The fraction of sp³-hybridized carbons (Fsp3) is 0.250. The average Bonchev–Trinajstić information content (AvgIpc) is 2.13. The minimum atomic E-state index is -2.93. The van der Waals surface area contributed by atoms with Crippen molar-refractivity contribution in [2.45, 2.75) is 6.61 Å². The van der Waals surface area contributed by atoms with Gasteiger partial charge in [-0.1, -0.05) is 23.2 Å². The van der Waals surface area contributed by atoms with E-state index in [1.807, 2.05) is 0 Å². The lowest BCUT2D eigenvalue weighted by molar-refractivity contribution is -0.0498. The van der Waals surface area contributed by atoms with Crippen LogP contribution in [0.4, 0.5) is 8.78 Å². The van der Waals surface area contributed by atoms with E-state index in [1.165, 1.54) is 19.2 Å². The smallest absolute Gasteiger partial charge is 0.387 e. The molecule has 0 spiro atoms. The second-order valence-electron chi connectivity index (χ2n) is 2.27. The summed E-state index contributed by atoms with van der Waals surface area (Å²) in [5, 5.41) is -0.0429. The first-order chi connectivity index (χ1) is 6.56. The quantitative estimate of drug-likeness (QED) is 0.807. The Kier molecular flexibility index (Phi) is 3.77. The van der Waals surface area contributed by atoms with Gasteiger partial charge in [0, 0.05) is 0 Å². The Morgan fingerprint density at radius 2 is 1.64 bits per heavy atom. The third-order valence-corrected chi connectivity index (χ3v) is 2.29. The van der Waals surface area contributed by atoms with E-state index in [0.717, 1.165) is 0 Å². The maximum Gasteiger partial charge on any atom is 0.387 e. The highest BCUT2D eigenvalue weighted by Gasteiger charge is 2.14. The summed E-state index contributed by atoms with van der Waals surface area (Å²) >= 11 is 11.4. The second-order valence-corrected chi connectivity index (χ2v) is 3.03. The maximum absolute atomic E-state index is 11.9. The van der Waals surface area contributed by atoms with Gasteiger partial charge in [0.15, 0.2) is 0 Å². The van der Waals surface area contributed by atoms with Gasteiger partial charge in [0.1, 0.15) is 21.5 Å². The van der Waals surface area contributed by atoms with E-state index in [2.05, 4.69) is 4.74 Å². The molecule has 78 valence electrons. The minimum Gasteiger partial charge on any atom is -0.495 e. The average molecular weight is 243 g/mol. The van der Waals surface area contributed by atoms with Gasteiger partial charge in [0.2, 0.25) is 0 Å². The zero-order valence-corrected chi connectivity index (χ0v) is 8.57. The van der Waals surface area contributed by atoms with Crippen molar-refractivity contribution >= 4 is 23.2 Å². The van der Waals surface area contributed by atoms with Crippen molar-refractivity contribution in [1.82, 2.24) is 0 Å². The van der Waals surface area contributed by atoms with Gasteiger partial charge >= 0.3 is 6.61 Å². The summed E-state index contributed by atoms with van der Waals surface area (Å²) in [5.41, 5.74) is 0. The molecule has 0 amide bonds. The summed E-state index contributed by atoms with van der Waals surface area (Å²) in [4.78, 5) is 0. The Labute approximate surface area is 89.3 Å². The molecule has 14 heavy (non-hydrogen) atoms. The Hall–Kier alpha value is -0.740. The van der Waals surface area contributed by atoms with E-state index in [4.69, 9.17) is 27.9 Å². The highest BCUT2D eigenvalue weighted by atomic mass is 35.5. The highest BCUT2D eigenvalue weighted by molar-refractivity contribution is 6.43. The predicted octanol–water partition coefficient (Wildman–Crippen LogP) is 3.60. The first-order valence-corrected chi connectivity index (χ1v) is 4.28. The molecular weight excluding hydrogens is 237 g/mol. The Bertz CT molecular complexity index is 331. The number of ether oxygens (including phenoxy) is 2. The SMILES string of the molecule is COc1ccc(OC(F)F)c(Cl)c1Cl. The molecule has 0 aliphatic carbocycles. The molecule has 0 aromatic heterocycles. The van der Waals surface area contributed by atoms with E-state index in [9.17, 15) is 8.78 Å². The third kappa shape index (κ3) is 2.39. The van der Waals surface area contributed by atoms with Crippen LogP contribution in [-0.4, -0.2) is 13.7 Å². The van der Waals surface area contributed by atoms with E-state index >= 15 is 0 Å². The summed E-state index contributed by atoms with van der Waals surface area (Å²) in [6, 6.07) is 2.66. The Balaban J connectivity index is 3.04. The first kappa shape index (κ1) is 11.3. The van der Waals surface area contributed by atoms with Gasteiger partial charge in [-0.2, -0.15) is 8.78 Å². The maximum atomic E-state index is 11.9. The zero-order chi connectivity index (χ0) is 10.7. The molecular formula is C8H6Cl2F2O2. The standard InChI is InChI=1S/C8H6Cl2F2O2/c1-13-4-2-3-5(14-8(11)12)7(10)6(4)9/h2-3,8H,1H3. The van der Waals surface area contributed by atoms with Crippen molar-refractivity contribution in [3.63, 3.8) is 0 Å². The largest absolute Gasteiger partial charge is 0.495 e. The van der Waals surface area contributed by atoms with Gasteiger partial charge < -0.3 is 9.47 Å². The lowest BCUT2D eigenvalue weighted by Crippen LogP contribution is -2.02. The number of alkyl halides is 2. The van der Waals surface area contributed by atoms with Crippen molar-refractivity contribution in [3.05, 3.63) is 22.2 Å². The van der Waals surface area contributed by atoms with Crippen LogP contribution in [-0.2, 0) is 0 Å². The van der Waals surface area contributed by atoms with Gasteiger partial charge in [-0.05, 0) is 12.1 Å². The molecule has 0 fully saturated rings. The van der Waals surface area contributed by atoms with Gasteiger partial charge in [0.25, 0.3) is 0 Å². The Morgan fingerprint density at radius 3 is 2.14 bits per heavy atom. The summed E-state index contributed by atoms with van der Waals surface area (Å²) in [6.07, 6.45) is 0. The summed E-state index contributed by atoms with van der Waals surface area (Å²) in [7, 11) is 1.39. The number of rotatable bonds is 3. The molecule has 2 nitrogen and oxygen atoms in total. The van der Waals surface area contributed by atoms with Gasteiger partial charge in [-0.25, -0.2) is 0 Å². The number of benzene rings is 1. The molecule has 1 rings (SSSR count). The van der Waals surface area contributed by atoms with Crippen molar-refractivity contribution in [2.24, 2.45) is 0 Å². The molecule has 0 heterocycles. The third-order valence-electron chi connectivity index (χ3n) is 1.45. The molecule has 0 aliphatic heterocycles. The predicted molar refractivity (Wildman–Crippen MR) is 49.6 cm³/mol. The lowest BCUT2D eigenvalue weighted by Gasteiger charge is -2.09. The summed E-state index contributed by atoms with van der Waals surface area (Å²) in [5.74, 6) is 0.130. The second kappa shape index (κ2) is 4.66. The van der Waals surface area contributed by atoms with Crippen LogP contribution in [0.2, 0.25) is 10.0 Å². The molecule has 1 aromatic rings. The van der Waals surface area contributed by atoms with E-state index in [-0.39, 0.29) is 15.8 Å². The van der Waals surface area contributed by atoms with Gasteiger partial charge in [0.05, 0.1) is 7.11 Å². The van der Waals surface area contributed by atoms with Crippen LogP contribution >= 0.6 is 23.2 Å². The normalized spacial score (nSPS) is 10.4. The van der Waals surface area contributed by atoms with Crippen LogP contribution in [0, 0.1) is 0 Å². The van der Waals surface area contributed by atoms with E-state index in [0.29, 0.717) is 5.75 Å². The molecule has 6 heteroatoms. The monoisotopic (exact) mass is 242 g/mol. The first-order valence-electron chi connectivity index (χ1n) is 3.53. The number of halogens is 4. The van der Waals surface area contributed by atoms with Gasteiger partial charge in [-0.15, -0.1) is 0 Å². The number of hydrogen-bond acceptors (Lipinski definition) is 2. The fourth-order valence-corrected chi connectivity index (χ4v) is 1.29. The molecule has 0 unspecified atom stereocenters. The molecule has 0 bridgehead atoms. The van der Waals surface area contributed by atoms with E-state index < -0.39 is 6.61 Å². The lowest BCUT2D eigenvalue weighted by atomic mass is 10.3. The van der Waals surface area contributed by atoms with Crippen LogP contribution in [0.1, 0.15) is 0 Å². The van der Waals surface area contributed by atoms with Crippen LogP contribution in [0.5, 0.6) is 11.5 Å². The molecule has 0 saturated heterocycles. The molecule has 1 aromatic carbocycles. The van der Waals surface area contributed by atoms with Crippen LogP contribution in [0.25, 0.3) is 0 Å². The van der Waals surface area contributed by atoms with Gasteiger partial charge in [-0.3, -0.25) is 0 Å². The molecule has 0 N–H and O–H groups in total. The Morgan fingerprint density at radius 1 is 1.14 bits per heavy atom. The molecule has 0 radical (unpaired) electrons. The van der Waals surface area contributed by atoms with Crippen molar-refractivity contribution in [2.75, 3.05) is 7.11 Å². The van der Waals surface area contributed by atoms with Crippen molar-refractivity contribution in [1.29, 1.82) is 0 Å². The molecule has 0 atom stereocenters. The minimum absolute atomic E-state index is 0.0484. The topological polar surface area (TPSA) is 18.5 Å². The fourth-order valence-electron chi connectivity index (χ4n) is 0.859. The van der Waals surface area contributed by atoms with Crippen LogP contribution in [0.3, 0.4) is 0 Å². The summed E-state index contributed by atoms with van der Waals surface area (Å²) < 4.78 is 32.7. The highest BCUT2D eigenvalue weighted by Crippen LogP contribution is 2.39. The molecule has 0 saturated carbocycles. The number of methoxy groups -OCH3 is 1. The van der Waals surface area contributed by atoms with Crippen molar-refractivity contribution in [3.8, 4) is 11.5 Å². The van der Waals surface area contributed by atoms with E-state index in [1.54, 1.807) is 0 Å².